The van der Waals surface area contributed by atoms with Crippen LogP contribution in [0.3, 0.4) is 0 Å². The molecule has 1 saturated heterocycles. The van der Waals surface area contributed by atoms with Crippen molar-refractivity contribution in [2.45, 2.75) is 112 Å². The average Bonchev–Trinajstić information content (AvgIpc) is 3.63. The second-order valence-corrected chi connectivity index (χ2v) is 19.3. The summed E-state index contributed by atoms with van der Waals surface area (Å²) in [5.41, 5.74) is 13.9. The Bertz CT molecular complexity index is 2700. The first-order chi connectivity index (χ1) is 32.7. The third-order valence-corrected chi connectivity index (χ3v) is 13.2. The van der Waals surface area contributed by atoms with Crippen LogP contribution in [0.2, 0.25) is 0 Å². The molecule has 3 aromatic carbocycles. The van der Waals surface area contributed by atoms with E-state index < -0.39 is 23.7 Å². The van der Waals surface area contributed by atoms with E-state index in [1.165, 1.54) is 10.6 Å². The largest absolute Gasteiger partial charge is 0.380 e. The molecular formula is C54H68N9O5+. The highest BCUT2D eigenvalue weighted by molar-refractivity contribution is 5.95. The number of aryl methyl sites for hydroxylation is 2. The summed E-state index contributed by atoms with van der Waals surface area (Å²) in [6.45, 7) is 19.2. The molecule has 0 saturated carbocycles. The number of benzene rings is 3. The lowest BCUT2D eigenvalue weighted by Crippen LogP contribution is -2.62. The molecule has 358 valence electrons. The standard InChI is InChI=1S/C54H67N9O5/c1-10-61-48-21-20-41-29-44(48)45(51(61)46-32-55-25-23-43(46)33-67-9)30-54(6,7)34-68-63(66)49-19-14-26-62(59-49)53(65)47(28-39-16-13-18-40(41)27-39)58-52(64)50(36(2)3)60(8)38(5)22-24-56-35-57-31-42-17-12-11-15-37(42)4/h11-13,15-18,20-21,23,25,27,29,32,36,47,49-50,59H,5,10,14,19,22,24,26,28,30-31,33-34H2,1-4,6-9H3/p+1/t47-,49+,50-/m0/s1. The molecule has 14 nitrogen and oxygen atoms in total. The highest BCUT2D eigenvalue weighted by Gasteiger charge is 2.40. The van der Waals surface area contributed by atoms with Crippen molar-refractivity contribution in [2.24, 2.45) is 21.3 Å². The van der Waals surface area contributed by atoms with Crippen LogP contribution in [0.4, 0.5) is 0 Å². The number of hydrazine groups is 1. The minimum atomic E-state index is -0.962. The highest BCUT2D eigenvalue weighted by Crippen LogP contribution is 2.41. The van der Waals surface area contributed by atoms with E-state index in [0.717, 1.165) is 67.8 Å². The van der Waals surface area contributed by atoms with E-state index in [2.05, 4.69) is 107 Å². The van der Waals surface area contributed by atoms with E-state index in [1.807, 2.05) is 68.4 Å². The van der Waals surface area contributed by atoms with E-state index >= 15 is 0 Å². The minimum absolute atomic E-state index is 0.128. The lowest BCUT2D eigenvalue weighted by atomic mass is 9.84. The second-order valence-electron chi connectivity index (χ2n) is 19.3. The molecule has 3 atom stereocenters. The maximum atomic E-state index is 14.7. The van der Waals surface area contributed by atoms with E-state index in [-0.39, 0.29) is 30.8 Å². The summed E-state index contributed by atoms with van der Waals surface area (Å²) < 4.78 is 8.00. The number of nitrogens with one attached hydrogen (secondary N) is 2. The second kappa shape index (κ2) is 22.1. The fourth-order valence-electron chi connectivity index (χ4n) is 9.52. The van der Waals surface area contributed by atoms with Gasteiger partial charge in [0.05, 0.1) is 36.3 Å². The number of amides is 2. The average molecular weight is 923 g/mol. The molecule has 2 aromatic heterocycles. The predicted octanol–water partition coefficient (Wildman–Crippen LogP) is 8.85. The normalized spacial score (nSPS) is 17.8. The fraction of sp³-hybridized carbons (Fsp3) is 0.444. The van der Waals surface area contributed by atoms with Gasteiger partial charge < -0.3 is 19.5 Å². The number of rotatable bonds is 14. The third kappa shape index (κ3) is 11.4. The fourth-order valence-corrected chi connectivity index (χ4v) is 9.52. The van der Waals surface area contributed by atoms with Crippen LogP contribution in [0, 0.1) is 23.2 Å². The molecule has 0 unspecified atom stereocenters. The van der Waals surface area contributed by atoms with Crippen molar-refractivity contribution in [3.05, 3.63) is 130 Å². The Morgan fingerprint density at radius 3 is 2.66 bits per heavy atom. The topological polar surface area (TPSA) is 146 Å². The van der Waals surface area contributed by atoms with Gasteiger partial charge in [0.2, 0.25) is 10.8 Å². The van der Waals surface area contributed by atoms with Gasteiger partial charge in [-0.1, -0.05) is 88.9 Å². The minimum Gasteiger partial charge on any atom is -0.380 e. The molecule has 2 aliphatic rings. The Labute approximate surface area is 401 Å². The number of fused-ring (bicyclic) bond motifs is 6. The van der Waals surface area contributed by atoms with Gasteiger partial charge in [-0.2, -0.15) is 5.43 Å². The molecule has 0 spiro atoms. The van der Waals surface area contributed by atoms with Crippen LogP contribution in [0.25, 0.3) is 33.3 Å². The summed E-state index contributed by atoms with van der Waals surface area (Å²) in [6.07, 6.45) is 5.24. The quantitative estimate of drug-likeness (QED) is 0.105. The molecule has 2 amide bonds. The Balaban J connectivity index is 1.21. The Morgan fingerprint density at radius 2 is 1.90 bits per heavy atom. The number of methoxy groups -OCH3 is 1. The number of nitrogens with zero attached hydrogens (tertiary/aromatic N) is 7. The van der Waals surface area contributed by atoms with Crippen LogP contribution in [0.15, 0.2) is 107 Å². The molecule has 4 heterocycles. The van der Waals surface area contributed by atoms with Crippen LogP contribution in [0.5, 0.6) is 0 Å². The van der Waals surface area contributed by atoms with Gasteiger partial charge in [-0.15, -0.1) is 0 Å². The monoisotopic (exact) mass is 923 g/mol. The highest BCUT2D eigenvalue weighted by atomic mass is 16.8. The maximum Gasteiger partial charge on any atom is 0.326 e. The van der Waals surface area contributed by atoms with E-state index in [9.17, 15) is 14.5 Å². The summed E-state index contributed by atoms with van der Waals surface area (Å²) in [6, 6.07) is 26.1. The Hall–Kier alpha value is -6.47. The summed E-state index contributed by atoms with van der Waals surface area (Å²) in [5, 5.41) is 5.74. The van der Waals surface area contributed by atoms with E-state index in [1.54, 1.807) is 13.3 Å². The molecule has 0 radical (unpaired) electrons. The van der Waals surface area contributed by atoms with E-state index in [4.69, 9.17) is 9.57 Å². The number of carbonyl (C=O) groups is 2. The molecule has 2 aliphatic heterocycles. The van der Waals surface area contributed by atoms with Gasteiger partial charge in [-0.3, -0.25) is 19.6 Å². The maximum absolute atomic E-state index is 14.7. The molecule has 14 heteroatoms. The van der Waals surface area contributed by atoms with Gasteiger partial charge >= 0.3 is 6.17 Å². The zero-order valence-electron chi connectivity index (χ0n) is 41.0. The molecule has 68 heavy (non-hydrogen) atoms. The van der Waals surface area contributed by atoms with Crippen LogP contribution in [-0.2, 0) is 51.7 Å². The smallest absolute Gasteiger partial charge is 0.326 e. The van der Waals surface area contributed by atoms with Crippen molar-refractivity contribution in [1.82, 2.24) is 30.2 Å². The Morgan fingerprint density at radius 1 is 1.10 bits per heavy atom. The number of ether oxygens (including phenoxy) is 1. The molecule has 7 rings (SSSR count). The van der Waals surface area contributed by atoms with Gasteiger partial charge in [0, 0.05) is 86.5 Å². The molecule has 0 aliphatic carbocycles. The van der Waals surface area contributed by atoms with Gasteiger partial charge in [-0.25, -0.2) is 14.8 Å². The van der Waals surface area contributed by atoms with Crippen molar-refractivity contribution in [1.29, 1.82) is 0 Å². The molecular weight excluding hydrogens is 855 g/mol. The van der Waals surface area contributed by atoms with E-state index in [0.29, 0.717) is 56.8 Å². The van der Waals surface area contributed by atoms with Crippen molar-refractivity contribution in [3.8, 4) is 22.4 Å². The van der Waals surface area contributed by atoms with Crippen LogP contribution in [0.1, 0.15) is 81.7 Å². The number of aliphatic imine (C=N–C) groups is 2. The lowest BCUT2D eigenvalue weighted by molar-refractivity contribution is -0.835. The number of pyridine rings is 1. The molecule has 5 aromatic rings. The summed E-state index contributed by atoms with van der Waals surface area (Å²) >= 11 is 0. The van der Waals surface area contributed by atoms with Gasteiger partial charge in [0.25, 0.3) is 5.91 Å². The first kappa shape index (κ1) is 49.4. The van der Waals surface area contributed by atoms with Crippen molar-refractivity contribution >= 4 is 28.7 Å². The van der Waals surface area contributed by atoms with Gasteiger partial charge in [0.1, 0.15) is 12.1 Å². The lowest BCUT2D eigenvalue weighted by Gasteiger charge is -2.36. The third-order valence-electron chi connectivity index (χ3n) is 13.2. The zero-order chi connectivity index (χ0) is 48.5. The van der Waals surface area contributed by atoms with Crippen molar-refractivity contribution in [3.63, 3.8) is 0 Å². The van der Waals surface area contributed by atoms with Gasteiger partial charge in [-0.05, 0) is 89.8 Å². The van der Waals surface area contributed by atoms with Crippen LogP contribution in [-0.4, -0.2) is 94.3 Å². The molecule has 2 N–H and O–H groups in total. The predicted molar refractivity (Wildman–Crippen MR) is 267 cm³/mol. The first-order valence-corrected chi connectivity index (χ1v) is 23.9. The SMILES string of the molecule is C=C(CCN=C=NCc1ccccc1C)N(C)[C@H](C(=O)N[C@H]1Cc2cccc(c2)-c2ccc3c(c2)c(c(-c2cnccc2COC)n3CC)CC(C)(C)CO[N+](=O)[C@@H]2CCCN(N2)C1=O)C(C)C. The van der Waals surface area contributed by atoms with Crippen molar-refractivity contribution in [2.75, 3.05) is 33.9 Å². The Kier molecular flexibility index (Phi) is 16.1. The summed E-state index contributed by atoms with van der Waals surface area (Å²) in [5.74, 6) is -0.770. The number of carbonyl (C=O) groups excluding carboxylic acids is 2. The first-order valence-electron chi connectivity index (χ1n) is 23.9. The number of hydrogen-bond donors (Lipinski definition) is 2. The number of likely N-dealkylation sites (N-methyl/N-ethyl adjacent to an activating group) is 1. The van der Waals surface area contributed by atoms with Gasteiger partial charge in [0.15, 0.2) is 6.61 Å². The van der Waals surface area contributed by atoms with Crippen LogP contribution >= 0.6 is 0 Å². The van der Waals surface area contributed by atoms with Crippen molar-refractivity contribution < 1.29 is 24.1 Å². The number of hydrogen-bond acceptors (Lipinski definition) is 10. The molecule has 6 bridgehead atoms. The molecule has 1 fully saturated rings. The summed E-state index contributed by atoms with van der Waals surface area (Å²) in [4.78, 5) is 65.0. The zero-order valence-corrected chi connectivity index (χ0v) is 41.0. The summed E-state index contributed by atoms with van der Waals surface area (Å²) in [7, 11) is 3.56. The van der Waals surface area contributed by atoms with Crippen LogP contribution < -0.4 is 10.7 Å². The number of aromatic nitrogens is 2.